The van der Waals surface area contributed by atoms with Crippen molar-refractivity contribution in [1.29, 1.82) is 0 Å². The zero-order valence-electron chi connectivity index (χ0n) is 11.4. The maximum atomic E-state index is 12.0. The zero-order chi connectivity index (χ0) is 15.5. The Morgan fingerprint density at radius 3 is 2.62 bits per heavy atom. The third-order valence-corrected chi connectivity index (χ3v) is 3.34. The van der Waals surface area contributed by atoms with Gasteiger partial charge in [0, 0.05) is 0 Å². The van der Waals surface area contributed by atoms with Crippen LogP contribution in [0, 0.1) is 0 Å². The fraction of sp³-hybridized carbons (Fsp3) is 0.357. The second-order valence-corrected chi connectivity index (χ2v) is 4.63. The highest BCUT2D eigenvalue weighted by Crippen LogP contribution is 2.26. The molecular formula is C14H15NO6. The Kier molecular flexibility index (Phi) is 4.23. The molecule has 0 spiro atoms. The van der Waals surface area contributed by atoms with E-state index in [-0.39, 0.29) is 12.0 Å². The Bertz CT molecular complexity index is 558. The molecule has 0 unspecified atom stereocenters. The van der Waals surface area contributed by atoms with Crippen molar-refractivity contribution in [3.8, 4) is 0 Å². The summed E-state index contributed by atoms with van der Waals surface area (Å²) in [5.74, 6) is -2.04. The number of rotatable bonds is 4. The van der Waals surface area contributed by atoms with Gasteiger partial charge in [0.2, 0.25) is 5.91 Å². The van der Waals surface area contributed by atoms with Crippen molar-refractivity contribution in [3.05, 3.63) is 35.9 Å². The van der Waals surface area contributed by atoms with Gasteiger partial charge in [0.1, 0.15) is 6.10 Å². The predicted octanol–water partition coefficient (Wildman–Crippen LogP) is -0.364. The first kappa shape index (κ1) is 15.0. The van der Waals surface area contributed by atoms with Crippen LogP contribution in [-0.2, 0) is 19.1 Å². The minimum atomic E-state index is -1.75. The summed E-state index contributed by atoms with van der Waals surface area (Å²) in [5.41, 5.74) is -1.47. The van der Waals surface area contributed by atoms with Gasteiger partial charge in [-0.25, -0.2) is 9.59 Å². The molecule has 0 saturated carbocycles. The van der Waals surface area contributed by atoms with Crippen molar-refractivity contribution in [3.63, 3.8) is 0 Å². The second-order valence-electron chi connectivity index (χ2n) is 4.63. The summed E-state index contributed by atoms with van der Waals surface area (Å²) in [5, 5.41) is 11.8. The van der Waals surface area contributed by atoms with Crippen LogP contribution in [0.15, 0.2) is 30.3 Å². The molecule has 1 saturated heterocycles. The van der Waals surface area contributed by atoms with E-state index in [4.69, 9.17) is 4.74 Å². The summed E-state index contributed by atoms with van der Waals surface area (Å²) in [7, 11) is 1.13. The number of hydrogen-bond donors (Lipinski definition) is 2. The maximum Gasteiger partial charge on any atom is 0.338 e. The molecule has 2 atom stereocenters. The molecule has 1 fully saturated rings. The molecular weight excluding hydrogens is 278 g/mol. The number of esters is 2. The molecule has 1 aliphatic heterocycles. The molecule has 1 aromatic rings. The molecule has 0 bridgehead atoms. The van der Waals surface area contributed by atoms with Crippen LogP contribution in [0.4, 0.5) is 0 Å². The average Bonchev–Trinajstić information content (AvgIpc) is 2.84. The molecule has 1 aliphatic rings. The highest BCUT2D eigenvalue weighted by Gasteiger charge is 2.55. The number of amides is 1. The topological polar surface area (TPSA) is 102 Å². The average molecular weight is 293 g/mol. The lowest BCUT2D eigenvalue weighted by atomic mass is 9.95. The summed E-state index contributed by atoms with van der Waals surface area (Å²) in [6, 6.07) is 8.16. The molecule has 0 aliphatic carbocycles. The highest BCUT2D eigenvalue weighted by molar-refractivity contribution is 5.95. The Morgan fingerprint density at radius 2 is 2.05 bits per heavy atom. The molecule has 112 valence electrons. The second kappa shape index (κ2) is 5.92. The third kappa shape index (κ3) is 2.73. The highest BCUT2D eigenvalue weighted by atomic mass is 16.6. The van der Waals surface area contributed by atoms with Crippen LogP contribution >= 0.6 is 0 Å². The first-order valence-electron chi connectivity index (χ1n) is 6.30. The molecule has 1 heterocycles. The van der Waals surface area contributed by atoms with Crippen LogP contribution in [0.25, 0.3) is 0 Å². The SMILES string of the molecule is COC(=O)[C@]1(CO)NC(=O)C[C@@H]1OC(=O)c1ccccc1. The first-order valence-corrected chi connectivity index (χ1v) is 6.30. The monoisotopic (exact) mass is 293 g/mol. The van der Waals surface area contributed by atoms with Crippen LogP contribution in [0.2, 0.25) is 0 Å². The number of benzene rings is 1. The summed E-state index contributed by atoms with van der Waals surface area (Å²) in [4.78, 5) is 35.4. The Hall–Kier alpha value is -2.41. The normalized spacial score (nSPS) is 24.3. The number of carbonyl (C=O) groups is 3. The molecule has 2 N–H and O–H groups in total. The third-order valence-electron chi connectivity index (χ3n) is 3.34. The van der Waals surface area contributed by atoms with Gasteiger partial charge in [0.05, 0.1) is 25.7 Å². The molecule has 1 amide bonds. The summed E-state index contributed by atoms with van der Waals surface area (Å²) < 4.78 is 9.80. The smallest absolute Gasteiger partial charge is 0.338 e. The number of ether oxygens (including phenoxy) is 2. The van der Waals surface area contributed by atoms with Crippen molar-refractivity contribution in [2.75, 3.05) is 13.7 Å². The fourth-order valence-corrected chi connectivity index (χ4v) is 2.21. The number of aliphatic hydroxyl groups excluding tert-OH is 1. The van der Waals surface area contributed by atoms with E-state index in [1.807, 2.05) is 0 Å². The van der Waals surface area contributed by atoms with E-state index in [0.717, 1.165) is 7.11 Å². The van der Waals surface area contributed by atoms with Crippen molar-refractivity contribution < 1.29 is 29.0 Å². The summed E-state index contributed by atoms with van der Waals surface area (Å²) >= 11 is 0. The van der Waals surface area contributed by atoms with Gasteiger partial charge < -0.3 is 19.9 Å². The first-order chi connectivity index (χ1) is 10.0. The number of hydrogen-bond acceptors (Lipinski definition) is 6. The van der Waals surface area contributed by atoms with Gasteiger partial charge in [-0.3, -0.25) is 4.79 Å². The maximum absolute atomic E-state index is 12.0. The van der Waals surface area contributed by atoms with Crippen molar-refractivity contribution in [1.82, 2.24) is 5.32 Å². The Labute approximate surface area is 120 Å². The molecule has 0 radical (unpaired) electrons. The molecule has 0 aromatic heterocycles. The van der Waals surface area contributed by atoms with Gasteiger partial charge in [-0.05, 0) is 12.1 Å². The minimum Gasteiger partial charge on any atom is -0.467 e. The lowest BCUT2D eigenvalue weighted by Crippen LogP contribution is -2.59. The zero-order valence-corrected chi connectivity index (χ0v) is 11.4. The quantitative estimate of drug-likeness (QED) is 0.735. The molecule has 7 heteroatoms. The van der Waals surface area contributed by atoms with E-state index >= 15 is 0 Å². The Balaban J connectivity index is 2.22. The Morgan fingerprint density at radius 1 is 1.38 bits per heavy atom. The van der Waals surface area contributed by atoms with Gasteiger partial charge in [-0.2, -0.15) is 0 Å². The molecule has 1 aromatic carbocycles. The standard InChI is InChI=1S/C14H15NO6/c1-20-13(19)14(8-16)10(7-11(17)15-14)21-12(18)9-5-3-2-4-6-9/h2-6,10,16H,7-8H2,1H3,(H,15,17)/t10-,14+/m0/s1. The lowest BCUT2D eigenvalue weighted by molar-refractivity contribution is -0.155. The van der Waals surface area contributed by atoms with E-state index in [2.05, 4.69) is 10.1 Å². The van der Waals surface area contributed by atoms with Crippen molar-refractivity contribution in [2.24, 2.45) is 0 Å². The van der Waals surface area contributed by atoms with Crippen LogP contribution in [0.5, 0.6) is 0 Å². The van der Waals surface area contributed by atoms with Gasteiger partial charge in [-0.15, -0.1) is 0 Å². The van der Waals surface area contributed by atoms with E-state index in [1.165, 1.54) is 0 Å². The molecule has 2 rings (SSSR count). The van der Waals surface area contributed by atoms with Crippen LogP contribution < -0.4 is 5.32 Å². The number of methoxy groups -OCH3 is 1. The number of nitrogens with one attached hydrogen (secondary N) is 1. The number of carbonyl (C=O) groups excluding carboxylic acids is 3. The van der Waals surface area contributed by atoms with Crippen molar-refractivity contribution in [2.45, 2.75) is 18.1 Å². The van der Waals surface area contributed by atoms with E-state index in [0.29, 0.717) is 0 Å². The van der Waals surface area contributed by atoms with Crippen LogP contribution in [0.1, 0.15) is 16.8 Å². The summed E-state index contributed by atoms with van der Waals surface area (Å²) in [6.45, 7) is -0.724. The van der Waals surface area contributed by atoms with E-state index in [1.54, 1.807) is 30.3 Å². The lowest BCUT2D eigenvalue weighted by Gasteiger charge is -2.29. The van der Waals surface area contributed by atoms with Gasteiger partial charge in [0.25, 0.3) is 0 Å². The van der Waals surface area contributed by atoms with Crippen molar-refractivity contribution >= 4 is 17.8 Å². The van der Waals surface area contributed by atoms with Gasteiger partial charge >= 0.3 is 11.9 Å². The van der Waals surface area contributed by atoms with E-state index < -0.39 is 36.1 Å². The van der Waals surface area contributed by atoms with Crippen LogP contribution in [-0.4, -0.2) is 48.3 Å². The van der Waals surface area contributed by atoms with Crippen LogP contribution in [0.3, 0.4) is 0 Å². The minimum absolute atomic E-state index is 0.214. The summed E-state index contributed by atoms with van der Waals surface area (Å²) in [6.07, 6.45) is -1.34. The molecule has 7 nitrogen and oxygen atoms in total. The molecule has 21 heavy (non-hydrogen) atoms. The van der Waals surface area contributed by atoms with Gasteiger partial charge in [-0.1, -0.05) is 18.2 Å². The fourth-order valence-electron chi connectivity index (χ4n) is 2.21. The van der Waals surface area contributed by atoms with Gasteiger partial charge in [0.15, 0.2) is 5.54 Å². The van der Waals surface area contributed by atoms with E-state index in [9.17, 15) is 19.5 Å². The largest absolute Gasteiger partial charge is 0.467 e. The predicted molar refractivity (Wildman–Crippen MR) is 70.2 cm³/mol. The number of aliphatic hydroxyl groups is 1.